The van der Waals surface area contributed by atoms with Crippen LogP contribution >= 0.6 is 0 Å². The third-order valence-electron chi connectivity index (χ3n) is 5.26. The first kappa shape index (κ1) is 12.6. The van der Waals surface area contributed by atoms with Gasteiger partial charge >= 0.3 is 0 Å². The molecule has 1 aliphatic rings. The lowest BCUT2D eigenvalue weighted by molar-refractivity contribution is 0.660. The molecule has 0 saturated carbocycles. The molecule has 3 aromatic rings. The molecule has 1 aliphatic carbocycles. The van der Waals surface area contributed by atoms with Crippen molar-refractivity contribution < 1.29 is 0 Å². The van der Waals surface area contributed by atoms with Gasteiger partial charge in [-0.1, -0.05) is 62.4 Å². The maximum absolute atomic E-state index is 2.35. The lowest BCUT2D eigenvalue weighted by Gasteiger charge is -2.22. The second kappa shape index (κ2) is 3.98. The Hall–Kier alpha value is -2.08. The summed E-state index contributed by atoms with van der Waals surface area (Å²) in [6.45, 7) is 9.18. The van der Waals surface area contributed by atoms with Crippen molar-refractivity contribution in [1.82, 2.24) is 0 Å². The van der Waals surface area contributed by atoms with E-state index in [4.69, 9.17) is 0 Å². The zero-order valence-electron chi connectivity index (χ0n) is 13.1. The van der Waals surface area contributed by atoms with Gasteiger partial charge in [0, 0.05) is 5.41 Å². The SMILES string of the molecule is Cc1ccc2c(c1C)-c1c(ccc3ccccc13)C2(C)C. The molecular weight excluding hydrogens is 252 g/mol. The molecule has 0 amide bonds. The predicted molar refractivity (Wildman–Crippen MR) is 91.0 cm³/mol. The number of aryl methyl sites for hydroxylation is 1. The molecule has 0 aromatic heterocycles. The highest BCUT2D eigenvalue weighted by Crippen LogP contribution is 2.52. The van der Waals surface area contributed by atoms with E-state index in [0.717, 1.165) is 0 Å². The molecule has 0 spiro atoms. The summed E-state index contributed by atoms with van der Waals surface area (Å²) >= 11 is 0. The summed E-state index contributed by atoms with van der Waals surface area (Å²) in [6.07, 6.45) is 0. The van der Waals surface area contributed by atoms with Gasteiger partial charge < -0.3 is 0 Å². The van der Waals surface area contributed by atoms with Crippen LogP contribution in [0.1, 0.15) is 36.1 Å². The van der Waals surface area contributed by atoms with Crippen molar-refractivity contribution in [3.05, 3.63) is 70.8 Å². The zero-order chi connectivity index (χ0) is 14.8. The molecule has 0 saturated heterocycles. The van der Waals surface area contributed by atoms with Crippen LogP contribution in [0, 0.1) is 13.8 Å². The first-order chi connectivity index (χ1) is 10.0. The summed E-state index contributed by atoms with van der Waals surface area (Å²) in [5, 5.41) is 2.72. The lowest BCUT2D eigenvalue weighted by Crippen LogP contribution is -2.15. The Bertz CT molecular complexity index is 882. The lowest BCUT2D eigenvalue weighted by atomic mass is 9.81. The van der Waals surface area contributed by atoms with Gasteiger partial charge in [0.25, 0.3) is 0 Å². The van der Waals surface area contributed by atoms with Crippen LogP contribution in [0.15, 0.2) is 48.5 Å². The minimum Gasteiger partial charge on any atom is -0.0616 e. The first-order valence-electron chi connectivity index (χ1n) is 7.65. The van der Waals surface area contributed by atoms with Crippen molar-refractivity contribution in [2.24, 2.45) is 0 Å². The van der Waals surface area contributed by atoms with Gasteiger partial charge in [-0.05, 0) is 58.0 Å². The largest absolute Gasteiger partial charge is 0.0616 e. The Kier molecular flexibility index (Phi) is 2.39. The van der Waals surface area contributed by atoms with E-state index in [1.165, 1.54) is 44.2 Å². The third-order valence-corrected chi connectivity index (χ3v) is 5.26. The number of benzene rings is 3. The average Bonchev–Trinajstić information content (AvgIpc) is 2.72. The Balaban J connectivity index is 2.25. The van der Waals surface area contributed by atoms with Crippen molar-refractivity contribution >= 4 is 10.8 Å². The van der Waals surface area contributed by atoms with Crippen LogP contribution in [0.3, 0.4) is 0 Å². The predicted octanol–water partition coefficient (Wildman–Crippen LogP) is 5.76. The topological polar surface area (TPSA) is 0 Å². The fourth-order valence-corrected chi connectivity index (χ4v) is 3.87. The molecule has 0 radical (unpaired) electrons. The van der Waals surface area contributed by atoms with Gasteiger partial charge in [-0.3, -0.25) is 0 Å². The summed E-state index contributed by atoms with van der Waals surface area (Å²) in [5.41, 5.74) is 8.75. The number of rotatable bonds is 0. The highest BCUT2D eigenvalue weighted by molar-refractivity contribution is 6.03. The van der Waals surface area contributed by atoms with Gasteiger partial charge in [-0.15, -0.1) is 0 Å². The Morgan fingerprint density at radius 1 is 0.714 bits per heavy atom. The van der Waals surface area contributed by atoms with Crippen LogP contribution < -0.4 is 0 Å². The summed E-state index contributed by atoms with van der Waals surface area (Å²) in [4.78, 5) is 0. The van der Waals surface area contributed by atoms with Gasteiger partial charge in [0.1, 0.15) is 0 Å². The van der Waals surface area contributed by atoms with Crippen LogP contribution in [-0.2, 0) is 5.41 Å². The van der Waals surface area contributed by atoms with E-state index in [1.807, 2.05) is 0 Å². The molecule has 0 unspecified atom stereocenters. The number of hydrogen-bond donors (Lipinski definition) is 0. The molecule has 4 rings (SSSR count). The molecule has 0 heteroatoms. The van der Waals surface area contributed by atoms with Gasteiger partial charge in [-0.2, -0.15) is 0 Å². The molecule has 0 atom stereocenters. The average molecular weight is 272 g/mol. The number of fused-ring (bicyclic) bond motifs is 5. The molecule has 3 aromatic carbocycles. The monoisotopic (exact) mass is 272 g/mol. The van der Waals surface area contributed by atoms with Crippen molar-refractivity contribution in [3.63, 3.8) is 0 Å². The minimum absolute atomic E-state index is 0.0904. The standard InChI is InChI=1S/C21H20/c1-13-9-11-17-19(14(13)2)20-16-8-6-5-7-15(16)10-12-18(20)21(17,3)4/h5-12H,1-4H3. The van der Waals surface area contributed by atoms with Gasteiger partial charge in [0.05, 0.1) is 0 Å². The molecule has 0 N–H and O–H groups in total. The van der Waals surface area contributed by atoms with Gasteiger partial charge in [0.15, 0.2) is 0 Å². The van der Waals surface area contributed by atoms with E-state index >= 15 is 0 Å². The van der Waals surface area contributed by atoms with E-state index in [1.54, 1.807) is 0 Å². The van der Waals surface area contributed by atoms with Crippen LogP contribution in [0.5, 0.6) is 0 Å². The van der Waals surface area contributed by atoms with Crippen molar-refractivity contribution in [2.45, 2.75) is 33.1 Å². The van der Waals surface area contributed by atoms with Crippen LogP contribution in [0.25, 0.3) is 21.9 Å². The zero-order valence-corrected chi connectivity index (χ0v) is 13.1. The minimum atomic E-state index is 0.0904. The molecule has 0 bridgehead atoms. The normalized spacial score (nSPS) is 15.0. The van der Waals surface area contributed by atoms with Gasteiger partial charge in [0.2, 0.25) is 0 Å². The first-order valence-corrected chi connectivity index (χ1v) is 7.65. The molecular formula is C21H20. The van der Waals surface area contributed by atoms with Crippen LogP contribution in [0.2, 0.25) is 0 Å². The third kappa shape index (κ3) is 1.51. The second-order valence-corrected chi connectivity index (χ2v) is 6.76. The van der Waals surface area contributed by atoms with Crippen LogP contribution in [0.4, 0.5) is 0 Å². The molecule has 0 aliphatic heterocycles. The van der Waals surface area contributed by atoms with E-state index in [0.29, 0.717) is 0 Å². The van der Waals surface area contributed by atoms with Crippen molar-refractivity contribution in [2.75, 3.05) is 0 Å². The Labute approximate surface area is 126 Å². The fourth-order valence-electron chi connectivity index (χ4n) is 3.87. The quantitative estimate of drug-likeness (QED) is 0.488. The van der Waals surface area contributed by atoms with Crippen molar-refractivity contribution in [1.29, 1.82) is 0 Å². The smallest absolute Gasteiger partial charge is 0.0159 e. The molecule has 104 valence electrons. The molecule has 0 fully saturated rings. The van der Waals surface area contributed by atoms with Gasteiger partial charge in [-0.25, -0.2) is 0 Å². The summed E-state index contributed by atoms with van der Waals surface area (Å²) in [7, 11) is 0. The second-order valence-electron chi connectivity index (χ2n) is 6.76. The maximum atomic E-state index is 2.35. The van der Waals surface area contributed by atoms with E-state index in [9.17, 15) is 0 Å². The molecule has 21 heavy (non-hydrogen) atoms. The fraction of sp³-hybridized carbons (Fsp3) is 0.238. The van der Waals surface area contributed by atoms with Crippen molar-refractivity contribution in [3.8, 4) is 11.1 Å². The molecule has 0 nitrogen and oxygen atoms in total. The summed E-state index contributed by atoms with van der Waals surface area (Å²) < 4.78 is 0. The highest BCUT2D eigenvalue weighted by Gasteiger charge is 2.37. The van der Waals surface area contributed by atoms with E-state index in [-0.39, 0.29) is 5.41 Å². The Morgan fingerprint density at radius 2 is 1.38 bits per heavy atom. The Morgan fingerprint density at radius 3 is 2.19 bits per heavy atom. The molecule has 0 heterocycles. The highest BCUT2D eigenvalue weighted by atomic mass is 14.4. The van der Waals surface area contributed by atoms with E-state index in [2.05, 4.69) is 76.2 Å². The van der Waals surface area contributed by atoms with E-state index < -0.39 is 0 Å². The number of hydrogen-bond acceptors (Lipinski definition) is 0. The summed E-state index contributed by atoms with van der Waals surface area (Å²) in [6, 6.07) is 17.9. The van der Waals surface area contributed by atoms with Crippen LogP contribution in [-0.4, -0.2) is 0 Å². The maximum Gasteiger partial charge on any atom is 0.0159 e. The summed E-state index contributed by atoms with van der Waals surface area (Å²) in [5.74, 6) is 0.